The van der Waals surface area contributed by atoms with Crippen LogP contribution in [0.25, 0.3) is 0 Å². The summed E-state index contributed by atoms with van der Waals surface area (Å²) in [6, 6.07) is 8.30. The van der Waals surface area contributed by atoms with E-state index in [0.717, 1.165) is 29.0 Å². The smallest absolute Gasteiger partial charge is 0.129 e. The van der Waals surface area contributed by atoms with E-state index in [9.17, 15) is 0 Å². The minimum Gasteiger partial charge on any atom is -0.197 e. The Labute approximate surface area is 304 Å². The molecule has 0 saturated carbocycles. The predicted molar refractivity (Wildman–Crippen MR) is 219 cm³/mol. The van der Waals surface area contributed by atoms with Crippen LogP contribution in [-0.4, -0.2) is 24.2 Å². The van der Waals surface area contributed by atoms with Gasteiger partial charge in [-0.15, -0.1) is 23.1 Å². The number of halogens is 6. The van der Waals surface area contributed by atoms with Gasteiger partial charge in [0.05, 0.1) is 0 Å². The van der Waals surface area contributed by atoms with Crippen LogP contribution in [0.1, 0.15) is 18.6 Å². The van der Waals surface area contributed by atoms with E-state index < -0.39 is 24.2 Å². The lowest BCUT2D eigenvalue weighted by Gasteiger charge is -2.06. The molecule has 210 valence electrons. The molecule has 0 atom stereocenters. The van der Waals surface area contributed by atoms with Crippen molar-refractivity contribution in [2.24, 2.45) is 0 Å². The molecule has 0 fully saturated rings. The van der Waals surface area contributed by atoms with Crippen LogP contribution in [0, 0.1) is 42.0 Å². The van der Waals surface area contributed by atoms with Crippen molar-refractivity contribution < 1.29 is 0 Å². The largest absolute Gasteiger partial charge is 0.197 e. The summed E-state index contributed by atoms with van der Waals surface area (Å²) < 4.78 is 6.80. The van der Waals surface area contributed by atoms with Gasteiger partial charge in [0.15, 0.2) is 0 Å². The van der Waals surface area contributed by atoms with Crippen molar-refractivity contribution in [2.45, 2.75) is 66.3 Å². The predicted octanol–water partition coefficient (Wildman–Crippen LogP) is 12.3. The van der Waals surface area contributed by atoms with E-state index in [1.807, 2.05) is 0 Å². The highest BCUT2D eigenvalue weighted by molar-refractivity contribution is 14.1. The van der Waals surface area contributed by atoms with Gasteiger partial charge in [0.1, 0.15) is 24.2 Å². The summed E-state index contributed by atoms with van der Waals surface area (Å²) in [5.41, 5.74) is 11.6. The van der Waals surface area contributed by atoms with E-state index in [4.69, 9.17) is 6.42 Å². The van der Waals surface area contributed by atoms with Crippen LogP contribution >= 0.6 is 122 Å². The van der Waals surface area contributed by atoms with Gasteiger partial charge in [-0.05, 0) is 133 Å². The van der Waals surface area contributed by atoms with Gasteiger partial charge >= 0.3 is 0 Å². The first-order valence-electron chi connectivity index (χ1n) is 11.0. The molecule has 0 amide bonds. The van der Waals surface area contributed by atoms with Gasteiger partial charge in [0, 0.05) is 36.2 Å². The van der Waals surface area contributed by atoms with Crippen LogP contribution in [0.5, 0.6) is 0 Å². The zero-order valence-corrected chi connectivity index (χ0v) is 37.3. The van der Waals surface area contributed by atoms with E-state index >= 15 is 0 Å². The lowest BCUT2D eigenvalue weighted by Crippen LogP contribution is -2.16. The number of hydrogen-bond acceptors (Lipinski definition) is 0. The topological polar surface area (TPSA) is 0 Å². The average molecular weight is 1060 g/mol. The molecule has 0 bridgehead atoms. The summed E-state index contributed by atoms with van der Waals surface area (Å²) >= 11 is 18.7. The van der Waals surface area contributed by atoms with Crippen molar-refractivity contribution in [3.8, 4) is 34.9 Å². The fraction of sp³-hybridized carbons (Fsp3) is 0.357. The first-order valence-corrected chi connectivity index (χ1v) is 26.8. The second kappa shape index (κ2) is 19.6. The number of terminal acetylenes is 1. The Kier molecular flexibility index (Phi) is 22.7. The van der Waals surface area contributed by atoms with E-state index in [1.54, 1.807) is 0 Å². The highest BCUT2D eigenvalue weighted by atomic mass is 127. The Morgan fingerprint density at radius 2 is 0.842 bits per heavy atom. The summed E-state index contributed by atoms with van der Waals surface area (Å²) in [7, 11) is -3.81. The second-order valence-electron chi connectivity index (χ2n) is 10.9. The molecule has 2 rings (SSSR count). The molecule has 10 heteroatoms. The summed E-state index contributed by atoms with van der Waals surface area (Å²) in [5.74, 6) is 6.58. The minimum atomic E-state index is -1.35. The average Bonchev–Trinajstić information content (AvgIpc) is 2.71. The second-order valence-corrected chi connectivity index (χ2v) is 30.9. The molecule has 0 unspecified atom stereocenters. The van der Waals surface area contributed by atoms with Crippen molar-refractivity contribution in [1.29, 1.82) is 0 Å². The molecular weight excluding hydrogens is 1030 g/mol. The lowest BCUT2D eigenvalue weighted by atomic mass is 10.1. The van der Waals surface area contributed by atoms with Crippen LogP contribution < -0.4 is 0 Å². The maximum absolute atomic E-state index is 5.12. The fourth-order valence-corrected chi connectivity index (χ4v) is 6.13. The van der Waals surface area contributed by atoms with Crippen LogP contribution in [0.15, 0.2) is 42.2 Å². The maximum atomic E-state index is 5.12. The summed E-state index contributed by atoms with van der Waals surface area (Å²) in [6.07, 6.45) is 5.12. The van der Waals surface area contributed by atoms with Gasteiger partial charge in [0.25, 0.3) is 0 Å². The van der Waals surface area contributed by atoms with Gasteiger partial charge in [-0.2, -0.15) is 13.5 Å². The molecule has 2 aromatic rings. The van der Waals surface area contributed by atoms with Crippen molar-refractivity contribution in [1.82, 2.24) is 0 Å². The quantitative estimate of drug-likeness (QED) is 0.107. The zero-order valence-electron chi connectivity index (χ0n) is 22.7. The molecule has 2 aromatic carbocycles. The molecule has 0 nitrogen and oxygen atoms in total. The number of hydrogen-bond donors (Lipinski definition) is 0. The number of benzene rings is 2. The van der Waals surface area contributed by atoms with Gasteiger partial charge in [0.2, 0.25) is 0 Å². The lowest BCUT2D eigenvalue weighted by molar-refractivity contribution is 1.50. The van der Waals surface area contributed by atoms with Crippen LogP contribution in [-0.2, 0) is 0 Å². The molecule has 0 N–H and O–H groups in total. The molecule has 0 aliphatic heterocycles. The van der Waals surface area contributed by atoms with Gasteiger partial charge < -0.3 is 0 Å². The van der Waals surface area contributed by atoms with Gasteiger partial charge in [-0.1, -0.05) is 78.2 Å². The van der Waals surface area contributed by atoms with E-state index in [2.05, 4.69) is 221 Å². The van der Waals surface area contributed by atoms with Gasteiger partial charge in [-0.3, -0.25) is 0 Å². The Bertz CT molecular complexity index is 1120. The maximum Gasteiger partial charge on any atom is 0.129 e. The molecule has 0 radical (unpaired) electrons. The molecule has 0 aromatic heterocycles. The monoisotopic (exact) mass is 1060 g/mol. The molecule has 0 heterocycles. The van der Waals surface area contributed by atoms with E-state index in [0.29, 0.717) is 0 Å². The van der Waals surface area contributed by atoms with Crippen LogP contribution in [0.3, 0.4) is 0 Å². The Morgan fingerprint density at radius 3 is 1.05 bits per heavy atom. The van der Waals surface area contributed by atoms with Crippen molar-refractivity contribution in [3.05, 3.63) is 60.4 Å². The Hall–Kier alpha value is 1.50. The first kappa shape index (κ1) is 43.9. The summed E-state index contributed by atoms with van der Waals surface area (Å²) in [5, 5.41) is 0. The SMILES string of the molecule is Brc1cc(I)c(Br)cc1I.C.C#C[Si](C)(C)C.C[Si](C)(C)C#Cc1cc(Br)c(C#C[Si](C)(C)C)cc1Br.S. The minimum absolute atomic E-state index is 0. The van der Waals surface area contributed by atoms with Crippen molar-refractivity contribution in [2.75, 3.05) is 0 Å². The van der Waals surface area contributed by atoms with E-state index in [-0.39, 0.29) is 20.9 Å². The Morgan fingerprint density at radius 1 is 0.579 bits per heavy atom. The summed E-state index contributed by atoms with van der Waals surface area (Å²) in [6.45, 7) is 19.9. The number of rotatable bonds is 0. The standard InChI is InChI=1S/C16H20Br2Si2.C6H2Br2I2.C5H10Si.CH4.H2S/c1-19(2,3)9-7-13-11-16(18)14(12-15(13)17)8-10-20(4,5)6;7-3-1-5(9)4(8)2-6(3)10;1-5-6(2,3)4;;/h11-12H,1-6H3;1-2H;1H,2-4H3;1H4;1H2. The summed E-state index contributed by atoms with van der Waals surface area (Å²) in [4.78, 5) is 0. The first-order chi connectivity index (χ1) is 16.1. The van der Waals surface area contributed by atoms with Crippen LogP contribution in [0.2, 0.25) is 58.9 Å². The third-order valence-electron chi connectivity index (χ3n) is 3.60. The molecule has 0 aliphatic rings. The fourth-order valence-electron chi connectivity index (χ4n) is 1.75. The van der Waals surface area contributed by atoms with Crippen LogP contribution in [0.4, 0.5) is 0 Å². The van der Waals surface area contributed by atoms with E-state index in [1.165, 1.54) is 7.14 Å². The van der Waals surface area contributed by atoms with Crippen molar-refractivity contribution in [3.63, 3.8) is 0 Å². The zero-order chi connectivity index (χ0) is 28.5. The Balaban J connectivity index is -0.000000569. The normalized spacial score (nSPS) is 10.2. The molecule has 38 heavy (non-hydrogen) atoms. The third-order valence-corrected chi connectivity index (χ3v) is 12.1. The molecular formula is C28H38Br4I2SSi3. The van der Waals surface area contributed by atoms with Gasteiger partial charge in [-0.25, -0.2) is 0 Å². The molecule has 0 spiro atoms. The third kappa shape index (κ3) is 21.2. The van der Waals surface area contributed by atoms with Crippen molar-refractivity contribution >= 4 is 147 Å². The molecule has 0 aliphatic carbocycles. The highest BCUT2D eigenvalue weighted by Gasteiger charge is 2.11. The highest BCUT2D eigenvalue weighted by Crippen LogP contribution is 2.28. The molecule has 0 saturated heterocycles.